The second kappa shape index (κ2) is 10.6. The predicted molar refractivity (Wildman–Crippen MR) is 157 cm³/mol. The van der Waals surface area contributed by atoms with Gasteiger partial charge in [-0.3, -0.25) is 4.99 Å². The average Bonchev–Trinajstić information content (AvgIpc) is 3.38. The van der Waals surface area contributed by atoms with E-state index in [-0.39, 0.29) is 0 Å². The van der Waals surface area contributed by atoms with Gasteiger partial charge in [0.2, 0.25) is 0 Å². The summed E-state index contributed by atoms with van der Waals surface area (Å²) in [7, 11) is -8.12. The van der Waals surface area contributed by atoms with Crippen LogP contribution in [0.3, 0.4) is 0 Å². The van der Waals surface area contributed by atoms with Gasteiger partial charge in [-0.05, 0) is 86.2 Å². The number of aliphatic imine (C=N–C) groups is 1. The molecule has 2 aromatic carbocycles. The summed E-state index contributed by atoms with van der Waals surface area (Å²) < 4.78 is 79.1. The summed E-state index contributed by atoms with van der Waals surface area (Å²) in [6.07, 6.45) is 8.59. The lowest BCUT2D eigenvalue weighted by molar-refractivity contribution is 0.0615. The number of hydrogen-bond acceptors (Lipinski definition) is 6. The number of aromatic nitrogens is 2. The van der Waals surface area contributed by atoms with Gasteiger partial charge in [-0.2, -0.15) is 0 Å². The molecule has 0 spiro atoms. The van der Waals surface area contributed by atoms with E-state index in [2.05, 4.69) is 21.7 Å². The molecule has 228 valence electrons. The van der Waals surface area contributed by atoms with Crippen LogP contribution < -0.4 is 15.4 Å². The standard InChI is InChI=1S/C29H34F5N5O2S/c1-21-18-39(20-37-21)26-10-5-22(17-27(26)40-2)16-23-4-3-13-35-28(23)36-19-29(11-14-41-15-12-29)38-24-6-8-25(9-7-24)42(30,31,32,33)34/h5-10,16-18,20,38H,3-4,11-15,19H2,1-2H3,(H,35,36)/b23-16+. The zero-order valence-corrected chi connectivity index (χ0v) is 24.2. The lowest BCUT2D eigenvalue weighted by Crippen LogP contribution is -2.52. The van der Waals surface area contributed by atoms with Crippen molar-refractivity contribution in [2.75, 3.05) is 38.7 Å². The molecule has 0 saturated carbocycles. The minimum Gasteiger partial charge on any atom is -0.495 e. The van der Waals surface area contributed by atoms with Crippen LogP contribution in [0.25, 0.3) is 11.8 Å². The fraction of sp³-hybridized carbons (Fsp3) is 0.379. The smallest absolute Gasteiger partial charge is 0.310 e. The van der Waals surface area contributed by atoms with Gasteiger partial charge in [0.1, 0.15) is 16.5 Å². The summed E-state index contributed by atoms with van der Waals surface area (Å²) in [5.41, 5.74) is 3.49. The van der Waals surface area contributed by atoms with Crippen LogP contribution in [0.1, 0.15) is 36.9 Å². The maximum absolute atomic E-state index is 13.2. The third kappa shape index (κ3) is 7.06. The minimum absolute atomic E-state index is 0.325. The van der Waals surface area contributed by atoms with Crippen LogP contribution >= 0.6 is 10.2 Å². The highest BCUT2D eigenvalue weighted by molar-refractivity contribution is 8.45. The Bertz CT molecular complexity index is 1500. The molecule has 2 N–H and O–H groups in total. The first kappa shape index (κ1) is 29.9. The summed E-state index contributed by atoms with van der Waals surface area (Å²) in [6.45, 7) is 3.91. The van der Waals surface area contributed by atoms with E-state index in [4.69, 9.17) is 14.5 Å². The molecule has 1 saturated heterocycles. The number of benzene rings is 2. The van der Waals surface area contributed by atoms with Gasteiger partial charge in [0, 0.05) is 38.2 Å². The molecule has 7 nitrogen and oxygen atoms in total. The molecular formula is C29H34F5N5O2S. The van der Waals surface area contributed by atoms with Gasteiger partial charge in [0.15, 0.2) is 0 Å². The molecular weight excluding hydrogens is 577 g/mol. The Morgan fingerprint density at radius 3 is 2.45 bits per heavy atom. The van der Waals surface area contributed by atoms with E-state index in [1.165, 1.54) is 0 Å². The lowest BCUT2D eigenvalue weighted by atomic mass is 9.89. The Labute approximate surface area is 241 Å². The van der Waals surface area contributed by atoms with Crippen LogP contribution in [-0.4, -0.2) is 54.3 Å². The first-order valence-electron chi connectivity index (χ1n) is 13.6. The van der Waals surface area contributed by atoms with Crippen LogP contribution in [0, 0.1) is 6.92 Å². The van der Waals surface area contributed by atoms with Gasteiger partial charge in [-0.25, -0.2) is 4.98 Å². The molecule has 3 heterocycles. The monoisotopic (exact) mass is 611 g/mol. The van der Waals surface area contributed by atoms with Crippen molar-refractivity contribution in [1.82, 2.24) is 14.9 Å². The van der Waals surface area contributed by atoms with Gasteiger partial charge in [-0.15, -0.1) is 0 Å². The maximum Gasteiger partial charge on any atom is 0.310 e. The fourth-order valence-electron chi connectivity index (χ4n) is 5.20. The van der Waals surface area contributed by atoms with Crippen molar-refractivity contribution in [2.24, 2.45) is 4.99 Å². The first-order chi connectivity index (χ1) is 19.7. The largest absolute Gasteiger partial charge is 0.495 e. The van der Waals surface area contributed by atoms with Crippen molar-refractivity contribution < 1.29 is 28.9 Å². The number of nitrogens with zero attached hydrogens (tertiary/aromatic N) is 3. The van der Waals surface area contributed by atoms with Crippen molar-refractivity contribution in [3.8, 4) is 11.4 Å². The van der Waals surface area contributed by atoms with Crippen molar-refractivity contribution >= 4 is 27.8 Å². The zero-order chi connectivity index (χ0) is 30.1. The molecule has 0 bridgehead atoms. The topological polar surface area (TPSA) is 72.7 Å². The van der Waals surface area contributed by atoms with Gasteiger partial charge in [-0.1, -0.05) is 25.5 Å². The highest BCUT2D eigenvalue weighted by Crippen LogP contribution is 3.02. The van der Waals surface area contributed by atoms with Crippen LogP contribution in [-0.2, 0) is 4.74 Å². The minimum atomic E-state index is -9.74. The number of rotatable bonds is 8. The molecule has 0 amide bonds. The molecule has 2 aliphatic heterocycles. The number of ether oxygens (including phenoxy) is 2. The molecule has 1 aromatic heterocycles. The number of amidine groups is 1. The number of aryl methyl sites for hydroxylation is 1. The van der Waals surface area contributed by atoms with Crippen LogP contribution in [0.15, 0.2) is 70.4 Å². The molecule has 0 unspecified atom stereocenters. The summed E-state index contributed by atoms with van der Waals surface area (Å²) in [6, 6.07) is 8.91. The third-order valence-electron chi connectivity index (χ3n) is 7.47. The number of methoxy groups -OCH3 is 1. The second-order valence-electron chi connectivity index (χ2n) is 10.7. The third-order valence-corrected chi connectivity index (χ3v) is 8.63. The van der Waals surface area contributed by atoms with Crippen LogP contribution in [0.2, 0.25) is 0 Å². The number of anilines is 1. The molecule has 0 aliphatic carbocycles. The quantitative estimate of drug-likeness (QED) is 0.256. The van der Waals surface area contributed by atoms with Crippen molar-refractivity contribution in [3.63, 3.8) is 0 Å². The van der Waals surface area contributed by atoms with E-state index < -0.39 is 20.7 Å². The summed E-state index contributed by atoms with van der Waals surface area (Å²) in [5, 5.41) is 6.77. The van der Waals surface area contributed by atoms with Crippen molar-refractivity contribution in [1.29, 1.82) is 0 Å². The molecule has 0 radical (unpaired) electrons. The van der Waals surface area contributed by atoms with E-state index in [1.807, 2.05) is 35.9 Å². The van der Waals surface area contributed by atoms with Crippen molar-refractivity contribution in [3.05, 3.63) is 71.8 Å². The Morgan fingerprint density at radius 2 is 1.81 bits per heavy atom. The molecule has 1 fully saturated rings. The summed E-state index contributed by atoms with van der Waals surface area (Å²) in [4.78, 5) is 7.11. The summed E-state index contributed by atoms with van der Waals surface area (Å²) in [5.74, 6) is 1.45. The predicted octanol–water partition coefficient (Wildman–Crippen LogP) is 7.67. The van der Waals surface area contributed by atoms with E-state index in [9.17, 15) is 19.4 Å². The number of imidazole rings is 1. The SMILES string of the molecule is COc1cc(/C=C2\CCCN=C2NCC2(Nc3ccc(S(F)(F)(F)(F)F)cc3)CCOCC2)ccc1-n1cnc(C)c1. The van der Waals surface area contributed by atoms with E-state index in [0.717, 1.165) is 53.3 Å². The van der Waals surface area contributed by atoms with Gasteiger partial charge in [0.25, 0.3) is 0 Å². The van der Waals surface area contributed by atoms with Gasteiger partial charge >= 0.3 is 10.2 Å². The highest BCUT2D eigenvalue weighted by atomic mass is 32.5. The molecule has 2 aliphatic rings. The number of nitrogens with one attached hydrogen (secondary N) is 2. The number of hydrogen-bond donors (Lipinski definition) is 2. The lowest BCUT2D eigenvalue weighted by Gasteiger charge is -2.41. The first-order valence-corrected chi connectivity index (χ1v) is 15.6. The fourth-order valence-corrected chi connectivity index (χ4v) is 5.85. The van der Waals surface area contributed by atoms with Crippen LogP contribution in [0.4, 0.5) is 25.1 Å². The van der Waals surface area contributed by atoms with Gasteiger partial charge < -0.3 is 24.7 Å². The molecule has 13 heteroatoms. The maximum atomic E-state index is 13.2. The second-order valence-corrected chi connectivity index (χ2v) is 13.1. The molecule has 42 heavy (non-hydrogen) atoms. The summed E-state index contributed by atoms with van der Waals surface area (Å²) >= 11 is 0. The average molecular weight is 612 g/mol. The highest BCUT2D eigenvalue weighted by Gasteiger charge is 2.65. The Morgan fingerprint density at radius 1 is 1.07 bits per heavy atom. The van der Waals surface area contributed by atoms with Crippen LogP contribution in [0.5, 0.6) is 5.75 Å². The zero-order valence-electron chi connectivity index (χ0n) is 23.4. The Balaban J connectivity index is 1.34. The van der Waals surface area contributed by atoms with E-state index >= 15 is 0 Å². The van der Waals surface area contributed by atoms with Gasteiger partial charge in [0.05, 0.1) is 30.4 Å². The van der Waals surface area contributed by atoms with Crippen molar-refractivity contribution in [2.45, 2.75) is 43.0 Å². The Kier molecular flexibility index (Phi) is 7.55. The number of halogens is 5. The van der Waals surface area contributed by atoms with E-state index in [0.29, 0.717) is 62.7 Å². The Hall–Kier alpha value is -3.58. The molecule has 3 aromatic rings. The van der Waals surface area contributed by atoms with E-state index in [1.54, 1.807) is 13.4 Å². The molecule has 0 atom stereocenters. The normalized spacial score (nSPS) is 19.9. The molecule has 5 rings (SSSR count).